The van der Waals surface area contributed by atoms with E-state index in [9.17, 15) is 10.4 Å². The van der Waals surface area contributed by atoms with Crippen molar-refractivity contribution in [2.24, 2.45) is 5.92 Å². The topological polar surface area (TPSA) is 61.8 Å². The molecule has 4 rings (SSSR count). The number of aliphatic hydroxyl groups is 1. The first-order valence-electron chi connectivity index (χ1n) is 6.25. The molecule has 0 radical (unpaired) electrons. The van der Waals surface area contributed by atoms with E-state index in [1.54, 1.807) is 6.20 Å². The molecule has 3 aromatic rings. The molecule has 2 atom stereocenters. The lowest BCUT2D eigenvalue weighted by molar-refractivity contribution is 0.117. The number of benzene rings is 1. The maximum absolute atomic E-state index is 10.3. The minimum atomic E-state index is -0.800. The molecule has 1 N–H and O–H groups in total. The molecule has 1 aromatic carbocycles. The minimum absolute atomic E-state index is 0.443. The fraction of sp³-hybridized carbons (Fsp3) is 0.200. The highest BCUT2D eigenvalue weighted by Crippen LogP contribution is 2.38. The summed E-state index contributed by atoms with van der Waals surface area (Å²) in [5.41, 5.74) is 2.67. The third-order valence-corrected chi connectivity index (χ3v) is 3.91. The SMILES string of the molecule is N#CC1Cn2c3ccccc3c3ccnc(c32)C1O. The van der Waals surface area contributed by atoms with Gasteiger partial charge in [-0.3, -0.25) is 4.98 Å². The van der Waals surface area contributed by atoms with Crippen molar-refractivity contribution in [1.82, 2.24) is 9.55 Å². The van der Waals surface area contributed by atoms with Crippen molar-refractivity contribution in [3.05, 3.63) is 42.2 Å². The van der Waals surface area contributed by atoms with Gasteiger partial charge in [-0.1, -0.05) is 18.2 Å². The Morgan fingerprint density at radius 2 is 2.11 bits per heavy atom. The Balaban J connectivity index is 2.22. The number of nitrogens with zero attached hydrogens (tertiary/aromatic N) is 3. The molecule has 92 valence electrons. The van der Waals surface area contributed by atoms with Crippen LogP contribution in [0.3, 0.4) is 0 Å². The van der Waals surface area contributed by atoms with Crippen LogP contribution in [0.4, 0.5) is 0 Å². The molecule has 4 heteroatoms. The van der Waals surface area contributed by atoms with Gasteiger partial charge >= 0.3 is 0 Å². The normalized spacial score (nSPS) is 21.7. The molecule has 0 aliphatic carbocycles. The third-order valence-electron chi connectivity index (χ3n) is 3.91. The van der Waals surface area contributed by atoms with E-state index in [4.69, 9.17) is 0 Å². The van der Waals surface area contributed by atoms with Crippen LogP contribution in [0.25, 0.3) is 21.8 Å². The van der Waals surface area contributed by atoms with Crippen LogP contribution in [-0.4, -0.2) is 14.7 Å². The molecular weight excluding hydrogens is 238 g/mol. The Morgan fingerprint density at radius 1 is 1.26 bits per heavy atom. The summed E-state index contributed by atoms with van der Waals surface area (Å²) >= 11 is 0. The van der Waals surface area contributed by atoms with Crippen LogP contribution in [-0.2, 0) is 6.54 Å². The van der Waals surface area contributed by atoms with Gasteiger partial charge in [0.05, 0.1) is 23.2 Å². The van der Waals surface area contributed by atoms with Crippen molar-refractivity contribution in [2.75, 3.05) is 0 Å². The van der Waals surface area contributed by atoms with Gasteiger partial charge in [0.25, 0.3) is 0 Å². The first-order chi connectivity index (χ1) is 9.31. The number of hydrogen-bond acceptors (Lipinski definition) is 3. The van der Waals surface area contributed by atoms with Crippen LogP contribution in [0.15, 0.2) is 36.5 Å². The summed E-state index contributed by atoms with van der Waals surface area (Å²) in [4.78, 5) is 4.29. The second-order valence-electron chi connectivity index (χ2n) is 4.90. The first kappa shape index (κ1) is 10.5. The van der Waals surface area contributed by atoms with E-state index < -0.39 is 12.0 Å². The zero-order valence-electron chi connectivity index (χ0n) is 10.1. The van der Waals surface area contributed by atoms with E-state index in [2.05, 4.69) is 21.7 Å². The van der Waals surface area contributed by atoms with E-state index in [0.717, 1.165) is 21.8 Å². The van der Waals surface area contributed by atoms with Crippen LogP contribution >= 0.6 is 0 Å². The molecular formula is C15H11N3O. The minimum Gasteiger partial charge on any atom is -0.385 e. The monoisotopic (exact) mass is 249 g/mol. The molecule has 0 fully saturated rings. The summed E-state index contributed by atoms with van der Waals surface area (Å²) in [5, 5.41) is 21.7. The van der Waals surface area contributed by atoms with Gasteiger partial charge in [-0.05, 0) is 12.1 Å². The Kier molecular flexibility index (Phi) is 1.97. The molecule has 4 nitrogen and oxygen atoms in total. The average Bonchev–Trinajstić information content (AvgIpc) is 2.78. The molecule has 0 amide bonds. The smallest absolute Gasteiger partial charge is 0.116 e. The van der Waals surface area contributed by atoms with Crippen LogP contribution < -0.4 is 0 Å². The highest BCUT2D eigenvalue weighted by Gasteiger charge is 2.31. The van der Waals surface area contributed by atoms with Gasteiger partial charge in [-0.2, -0.15) is 5.26 Å². The van der Waals surface area contributed by atoms with Gasteiger partial charge in [0, 0.05) is 29.0 Å². The van der Waals surface area contributed by atoms with Crippen molar-refractivity contribution in [3.63, 3.8) is 0 Å². The molecule has 1 aliphatic rings. The molecule has 0 saturated carbocycles. The Labute approximate surface area is 109 Å². The fourth-order valence-corrected chi connectivity index (χ4v) is 3.03. The summed E-state index contributed by atoms with van der Waals surface area (Å²) in [6.07, 6.45) is 0.905. The molecule has 2 aromatic heterocycles. The van der Waals surface area contributed by atoms with Gasteiger partial charge in [-0.25, -0.2) is 0 Å². The largest absolute Gasteiger partial charge is 0.385 e. The third kappa shape index (κ3) is 1.23. The molecule has 2 unspecified atom stereocenters. The van der Waals surface area contributed by atoms with Crippen LogP contribution in [0, 0.1) is 17.2 Å². The number of aromatic nitrogens is 2. The van der Waals surface area contributed by atoms with Crippen LogP contribution in [0.2, 0.25) is 0 Å². The second-order valence-corrected chi connectivity index (χ2v) is 4.90. The Bertz CT molecular complexity index is 844. The quantitative estimate of drug-likeness (QED) is 0.665. The summed E-state index contributed by atoms with van der Waals surface area (Å²) in [5.74, 6) is -0.443. The second kappa shape index (κ2) is 3.56. The standard InChI is InChI=1S/C15H11N3O/c16-7-9-8-18-12-4-2-1-3-10(12)11-5-6-17-13(14(11)18)15(9)19/h1-6,9,15,19H,8H2. The Hall–Kier alpha value is -2.38. The number of hydrogen-bond donors (Lipinski definition) is 1. The van der Waals surface area contributed by atoms with Crippen LogP contribution in [0.1, 0.15) is 11.8 Å². The highest BCUT2D eigenvalue weighted by molar-refractivity contribution is 6.08. The van der Waals surface area contributed by atoms with E-state index in [1.165, 1.54) is 0 Å². The number of nitriles is 1. The molecule has 1 aliphatic heterocycles. The van der Waals surface area contributed by atoms with Crippen molar-refractivity contribution in [3.8, 4) is 6.07 Å². The van der Waals surface area contributed by atoms with Gasteiger partial charge in [0.1, 0.15) is 6.10 Å². The lowest BCUT2D eigenvalue weighted by Gasteiger charge is -2.24. The molecule has 0 bridgehead atoms. The van der Waals surface area contributed by atoms with Gasteiger partial charge in [0.2, 0.25) is 0 Å². The fourth-order valence-electron chi connectivity index (χ4n) is 3.03. The lowest BCUT2D eigenvalue weighted by Crippen LogP contribution is -2.23. The van der Waals surface area contributed by atoms with E-state index >= 15 is 0 Å². The lowest BCUT2D eigenvalue weighted by atomic mass is 9.96. The van der Waals surface area contributed by atoms with Crippen LogP contribution in [0.5, 0.6) is 0 Å². The van der Waals surface area contributed by atoms with E-state index in [-0.39, 0.29) is 0 Å². The van der Waals surface area contributed by atoms with Crippen molar-refractivity contribution >= 4 is 21.8 Å². The number of para-hydroxylation sites is 1. The molecule has 0 saturated heterocycles. The Morgan fingerprint density at radius 3 is 2.95 bits per heavy atom. The van der Waals surface area contributed by atoms with Gasteiger partial charge in [-0.15, -0.1) is 0 Å². The maximum atomic E-state index is 10.3. The molecule has 3 heterocycles. The number of rotatable bonds is 0. The van der Waals surface area contributed by atoms with Gasteiger partial charge < -0.3 is 9.67 Å². The summed E-state index contributed by atoms with van der Waals surface area (Å²) in [6, 6.07) is 12.3. The summed E-state index contributed by atoms with van der Waals surface area (Å²) in [6.45, 7) is 0.514. The van der Waals surface area contributed by atoms with Crippen molar-refractivity contribution in [2.45, 2.75) is 12.6 Å². The van der Waals surface area contributed by atoms with Crippen molar-refractivity contribution in [1.29, 1.82) is 5.26 Å². The number of fused-ring (bicyclic) bond motifs is 3. The average molecular weight is 249 g/mol. The zero-order chi connectivity index (χ0) is 13.0. The predicted octanol–water partition coefficient (Wildman–Crippen LogP) is 2.38. The highest BCUT2D eigenvalue weighted by atomic mass is 16.3. The van der Waals surface area contributed by atoms with Crippen molar-refractivity contribution < 1.29 is 5.11 Å². The molecule has 19 heavy (non-hydrogen) atoms. The summed E-state index contributed by atoms with van der Waals surface area (Å²) in [7, 11) is 0. The van der Waals surface area contributed by atoms with E-state index in [1.807, 2.05) is 24.3 Å². The zero-order valence-corrected chi connectivity index (χ0v) is 10.1. The van der Waals surface area contributed by atoms with Gasteiger partial charge in [0.15, 0.2) is 0 Å². The molecule has 0 spiro atoms. The first-order valence-corrected chi connectivity index (χ1v) is 6.25. The summed E-state index contributed by atoms with van der Waals surface area (Å²) < 4.78 is 2.10. The number of pyridine rings is 1. The number of aliphatic hydroxyl groups excluding tert-OH is 1. The van der Waals surface area contributed by atoms with E-state index in [0.29, 0.717) is 12.2 Å². The maximum Gasteiger partial charge on any atom is 0.116 e. The predicted molar refractivity (Wildman–Crippen MR) is 71.3 cm³/mol.